The lowest BCUT2D eigenvalue weighted by molar-refractivity contribution is -0.0833. The molecule has 0 aromatic heterocycles. The first kappa shape index (κ1) is 9.19. The lowest BCUT2D eigenvalue weighted by Gasteiger charge is -2.14. The molecule has 3 nitrogen and oxygen atoms in total. The highest BCUT2D eigenvalue weighted by atomic mass is 28.2. The van der Waals surface area contributed by atoms with Crippen molar-refractivity contribution >= 4 is 9.52 Å². The van der Waals surface area contributed by atoms with Gasteiger partial charge in [-0.2, -0.15) is 0 Å². The van der Waals surface area contributed by atoms with Crippen LogP contribution < -0.4 is 0 Å². The molecule has 1 heterocycles. The van der Waals surface area contributed by atoms with E-state index in [4.69, 9.17) is 14.2 Å². The fourth-order valence-electron chi connectivity index (χ4n) is 0.975. The maximum absolute atomic E-state index is 5.39. The normalized spacial score (nSPS) is 23.7. The zero-order valence-corrected chi connectivity index (χ0v) is 8.62. The highest BCUT2D eigenvalue weighted by Gasteiger charge is 2.27. The van der Waals surface area contributed by atoms with Crippen LogP contribution in [-0.4, -0.2) is 41.0 Å². The molecular weight excluding hydrogens is 160 g/mol. The van der Waals surface area contributed by atoms with Crippen LogP contribution in [0.1, 0.15) is 13.8 Å². The molecule has 66 valence electrons. The van der Waals surface area contributed by atoms with Crippen molar-refractivity contribution in [3.63, 3.8) is 0 Å². The average molecular weight is 176 g/mol. The van der Waals surface area contributed by atoms with E-state index in [-0.39, 0.29) is 15.4 Å². The van der Waals surface area contributed by atoms with Crippen molar-refractivity contribution < 1.29 is 14.2 Å². The molecule has 1 rings (SSSR count). The minimum Gasteiger partial charge on any atom is -0.377 e. The number of hydrogen-bond donors (Lipinski definition) is 0. The van der Waals surface area contributed by atoms with Gasteiger partial charge in [0, 0.05) is 13.2 Å². The Morgan fingerprint density at radius 2 is 2.00 bits per heavy atom. The summed E-state index contributed by atoms with van der Waals surface area (Å²) in [6.45, 7) is 6.40. The van der Waals surface area contributed by atoms with Crippen LogP contribution in [0.15, 0.2) is 0 Å². The Bertz CT molecular complexity index is 99.9. The van der Waals surface area contributed by atoms with Crippen LogP contribution in [-0.2, 0) is 14.2 Å². The summed E-state index contributed by atoms with van der Waals surface area (Å²) in [6.07, 6.45) is 0. The fraction of sp³-hybridized carbons (Fsp3) is 1.00. The highest BCUT2D eigenvalue weighted by molar-refractivity contribution is 6.39. The second-order valence-corrected chi connectivity index (χ2v) is 4.58. The van der Waals surface area contributed by atoms with Crippen molar-refractivity contribution in [2.75, 3.05) is 19.8 Å². The lowest BCUT2D eigenvalue weighted by atomic mass is 10.8. The smallest absolute Gasteiger partial charge is 0.137 e. The molecule has 1 aliphatic rings. The molecule has 11 heavy (non-hydrogen) atoms. The first-order chi connectivity index (χ1) is 5.36. The van der Waals surface area contributed by atoms with Gasteiger partial charge in [-0.3, -0.25) is 0 Å². The molecule has 0 aromatic carbocycles. The molecule has 0 spiro atoms. The average Bonchev–Trinajstić information content (AvgIpc) is 2.73. The summed E-state index contributed by atoms with van der Waals surface area (Å²) in [6, 6.07) is 0. The van der Waals surface area contributed by atoms with Crippen LogP contribution in [0.2, 0.25) is 0 Å². The molecular formula is C7H16O3Si. The molecule has 0 aliphatic carbocycles. The first-order valence-electron chi connectivity index (χ1n) is 4.21. The summed E-state index contributed by atoms with van der Waals surface area (Å²) in [5.41, 5.74) is 0.526. The van der Waals surface area contributed by atoms with Gasteiger partial charge < -0.3 is 14.2 Å². The lowest BCUT2D eigenvalue weighted by Crippen LogP contribution is -2.28. The molecule has 0 bridgehead atoms. The van der Waals surface area contributed by atoms with E-state index < -0.39 is 0 Å². The van der Waals surface area contributed by atoms with Crippen LogP contribution in [0, 0.1) is 0 Å². The molecule has 1 fully saturated rings. The van der Waals surface area contributed by atoms with Crippen LogP contribution in [0.25, 0.3) is 0 Å². The van der Waals surface area contributed by atoms with Crippen LogP contribution in [0.5, 0.6) is 0 Å². The predicted molar refractivity (Wildman–Crippen MR) is 45.3 cm³/mol. The topological polar surface area (TPSA) is 31.0 Å². The van der Waals surface area contributed by atoms with E-state index in [1.807, 2.05) is 13.8 Å². The van der Waals surface area contributed by atoms with Gasteiger partial charge in [0.1, 0.15) is 15.4 Å². The molecule has 1 saturated heterocycles. The van der Waals surface area contributed by atoms with E-state index in [0.29, 0.717) is 5.73 Å². The summed E-state index contributed by atoms with van der Waals surface area (Å²) >= 11 is 0. The van der Waals surface area contributed by atoms with Crippen LogP contribution >= 0.6 is 0 Å². The summed E-state index contributed by atoms with van der Waals surface area (Å²) < 4.78 is 15.9. The molecule has 1 atom stereocenters. The van der Waals surface area contributed by atoms with E-state index in [2.05, 4.69) is 0 Å². The number of ether oxygens (including phenoxy) is 3. The Hall–Kier alpha value is 0.0969. The second-order valence-electron chi connectivity index (χ2n) is 2.53. The largest absolute Gasteiger partial charge is 0.377 e. The van der Waals surface area contributed by atoms with Gasteiger partial charge in [-0.1, -0.05) is 0 Å². The minimum absolute atomic E-state index is 0.0810. The fourth-order valence-corrected chi connectivity index (χ4v) is 2.56. The highest BCUT2D eigenvalue weighted by Crippen LogP contribution is 2.09. The molecule has 0 saturated carbocycles. The summed E-state index contributed by atoms with van der Waals surface area (Å²) in [5.74, 6) is 0.0810. The van der Waals surface area contributed by atoms with E-state index in [9.17, 15) is 0 Å². The van der Waals surface area contributed by atoms with Gasteiger partial charge in [-0.05, 0) is 13.8 Å². The van der Waals surface area contributed by atoms with Gasteiger partial charge in [0.2, 0.25) is 0 Å². The summed E-state index contributed by atoms with van der Waals surface area (Å²) in [4.78, 5) is 0. The molecule has 0 aromatic rings. The second kappa shape index (κ2) is 4.87. The number of epoxide rings is 1. The first-order valence-corrected chi connectivity index (χ1v) is 5.85. The molecule has 1 unspecified atom stereocenters. The van der Waals surface area contributed by atoms with E-state index in [1.54, 1.807) is 0 Å². The zero-order valence-electron chi connectivity index (χ0n) is 7.21. The maximum Gasteiger partial charge on any atom is 0.137 e. The Labute approximate surface area is 69.8 Å². The van der Waals surface area contributed by atoms with Gasteiger partial charge >= 0.3 is 0 Å². The van der Waals surface area contributed by atoms with Crippen LogP contribution in [0.4, 0.5) is 0 Å². The quantitative estimate of drug-likeness (QED) is 0.321. The molecule has 4 heteroatoms. The Kier molecular flexibility index (Phi) is 4.07. The number of hydrogen-bond acceptors (Lipinski definition) is 3. The Morgan fingerprint density at radius 3 is 2.36 bits per heavy atom. The summed E-state index contributed by atoms with van der Waals surface area (Å²) in [5, 5.41) is 0. The Balaban J connectivity index is 2.08. The summed E-state index contributed by atoms with van der Waals surface area (Å²) in [7, 11) is -0.317. The monoisotopic (exact) mass is 176 g/mol. The third kappa shape index (κ3) is 3.86. The van der Waals surface area contributed by atoms with Gasteiger partial charge in [-0.15, -0.1) is 0 Å². The van der Waals surface area contributed by atoms with E-state index in [0.717, 1.165) is 19.8 Å². The molecule has 1 aliphatic heterocycles. The molecule has 0 amide bonds. The van der Waals surface area contributed by atoms with Gasteiger partial charge in [0.15, 0.2) is 0 Å². The molecule has 0 N–H and O–H groups in total. The predicted octanol–water partition coefficient (Wildman–Crippen LogP) is -0.132. The SMILES string of the molecule is CCOC(OCC)[SiH2]C1CO1. The zero-order chi connectivity index (χ0) is 8.10. The Morgan fingerprint density at radius 1 is 1.45 bits per heavy atom. The van der Waals surface area contributed by atoms with Crippen molar-refractivity contribution in [1.82, 2.24) is 0 Å². The third-order valence-electron chi connectivity index (χ3n) is 1.56. The minimum atomic E-state index is -0.317. The van der Waals surface area contributed by atoms with Crippen molar-refractivity contribution in [3.05, 3.63) is 0 Å². The van der Waals surface area contributed by atoms with Gasteiger partial charge in [0.25, 0.3) is 0 Å². The van der Waals surface area contributed by atoms with Crippen molar-refractivity contribution in [2.45, 2.75) is 25.5 Å². The number of rotatable bonds is 6. The molecule has 0 radical (unpaired) electrons. The van der Waals surface area contributed by atoms with E-state index in [1.165, 1.54) is 0 Å². The van der Waals surface area contributed by atoms with Crippen molar-refractivity contribution in [3.8, 4) is 0 Å². The van der Waals surface area contributed by atoms with Crippen molar-refractivity contribution in [1.29, 1.82) is 0 Å². The van der Waals surface area contributed by atoms with Gasteiger partial charge in [-0.25, -0.2) is 0 Å². The van der Waals surface area contributed by atoms with E-state index >= 15 is 0 Å². The maximum atomic E-state index is 5.39. The standard InChI is InChI=1S/C7H16O3Si/c1-3-8-7(9-4-2)11-6-5-10-6/h6-7H,3-5,11H2,1-2H3. The third-order valence-corrected chi connectivity index (χ3v) is 3.42. The van der Waals surface area contributed by atoms with Gasteiger partial charge in [0.05, 0.1) is 12.3 Å². The van der Waals surface area contributed by atoms with Crippen LogP contribution in [0.3, 0.4) is 0 Å². The van der Waals surface area contributed by atoms with Crippen molar-refractivity contribution in [2.24, 2.45) is 0 Å².